The Hall–Kier alpha value is -1.63. The molecule has 1 aliphatic rings. The first kappa shape index (κ1) is 14.8. The summed E-state index contributed by atoms with van der Waals surface area (Å²) in [4.78, 5) is 10.7. The highest BCUT2D eigenvalue weighted by Crippen LogP contribution is 2.33. The van der Waals surface area contributed by atoms with Crippen LogP contribution in [-0.2, 0) is 6.54 Å². The van der Waals surface area contributed by atoms with Crippen LogP contribution in [0.3, 0.4) is 0 Å². The fourth-order valence-corrected chi connectivity index (χ4v) is 2.70. The largest absolute Gasteiger partial charge is 0.471 e. The highest BCUT2D eigenvalue weighted by atomic mass is 16.6. The lowest BCUT2D eigenvalue weighted by Gasteiger charge is -2.23. The molecule has 2 N–H and O–H groups in total. The van der Waals surface area contributed by atoms with Crippen LogP contribution in [0.2, 0.25) is 0 Å². The van der Waals surface area contributed by atoms with E-state index in [4.69, 9.17) is 10.5 Å². The van der Waals surface area contributed by atoms with Gasteiger partial charge in [0.1, 0.15) is 12.3 Å². The number of nitrogens with zero attached hydrogens (tertiary/aromatic N) is 3. The van der Waals surface area contributed by atoms with E-state index >= 15 is 0 Å². The van der Waals surface area contributed by atoms with Crippen molar-refractivity contribution < 1.29 is 9.66 Å². The van der Waals surface area contributed by atoms with Crippen molar-refractivity contribution in [1.29, 1.82) is 0 Å². The number of aromatic nitrogens is 2. The summed E-state index contributed by atoms with van der Waals surface area (Å²) in [6.45, 7) is 4.53. The SMILES string of the molecule is CCCn1nc(C)c([N+](=O)[O-])c1OCC1(N)CCCC1. The average molecular weight is 282 g/mol. The van der Waals surface area contributed by atoms with Crippen molar-refractivity contribution in [2.75, 3.05) is 6.61 Å². The maximum atomic E-state index is 11.2. The van der Waals surface area contributed by atoms with Gasteiger partial charge in [0.25, 0.3) is 5.88 Å². The van der Waals surface area contributed by atoms with Gasteiger partial charge in [0.05, 0.1) is 10.5 Å². The molecule has 7 heteroatoms. The van der Waals surface area contributed by atoms with Gasteiger partial charge in [-0.1, -0.05) is 19.8 Å². The monoisotopic (exact) mass is 282 g/mol. The van der Waals surface area contributed by atoms with E-state index in [9.17, 15) is 10.1 Å². The van der Waals surface area contributed by atoms with E-state index in [1.807, 2.05) is 6.92 Å². The van der Waals surface area contributed by atoms with Crippen molar-refractivity contribution >= 4 is 5.69 Å². The van der Waals surface area contributed by atoms with Crippen LogP contribution >= 0.6 is 0 Å². The third-order valence-corrected chi connectivity index (χ3v) is 3.76. The van der Waals surface area contributed by atoms with Gasteiger partial charge >= 0.3 is 5.69 Å². The molecule has 0 spiro atoms. The number of aryl methyl sites for hydroxylation is 2. The van der Waals surface area contributed by atoms with Crippen molar-refractivity contribution in [3.63, 3.8) is 0 Å². The number of ether oxygens (including phenoxy) is 1. The first-order valence-corrected chi connectivity index (χ1v) is 7.10. The maximum absolute atomic E-state index is 11.2. The van der Waals surface area contributed by atoms with Crippen LogP contribution in [0.25, 0.3) is 0 Å². The molecule has 0 radical (unpaired) electrons. The van der Waals surface area contributed by atoms with Gasteiger partial charge in [-0.25, -0.2) is 4.68 Å². The van der Waals surface area contributed by atoms with E-state index in [1.165, 1.54) is 0 Å². The van der Waals surface area contributed by atoms with Crippen molar-refractivity contribution in [3.05, 3.63) is 15.8 Å². The molecule has 0 aliphatic heterocycles. The summed E-state index contributed by atoms with van der Waals surface area (Å²) in [5, 5.41) is 15.4. The molecule has 1 saturated carbocycles. The second-order valence-corrected chi connectivity index (χ2v) is 5.58. The minimum Gasteiger partial charge on any atom is -0.471 e. The van der Waals surface area contributed by atoms with Crippen molar-refractivity contribution in [3.8, 4) is 5.88 Å². The predicted octanol–water partition coefficient (Wildman–Crippen LogP) is 2.16. The predicted molar refractivity (Wildman–Crippen MR) is 74.8 cm³/mol. The second kappa shape index (κ2) is 5.78. The van der Waals surface area contributed by atoms with E-state index < -0.39 is 4.92 Å². The van der Waals surface area contributed by atoms with E-state index in [1.54, 1.807) is 11.6 Å². The summed E-state index contributed by atoms with van der Waals surface area (Å²) in [6, 6.07) is 0. The Morgan fingerprint density at radius 1 is 1.50 bits per heavy atom. The summed E-state index contributed by atoms with van der Waals surface area (Å²) in [7, 11) is 0. The van der Waals surface area contributed by atoms with Crippen molar-refractivity contribution in [1.82, 2.24) is 9.78 Å². The second-order valence-electron chi connectivity index (χ2n) is 5.58. The number of hydrogen-bond acceptors (Lipinski definition) is 5. The average Bonchev–Trinajstić information content (AvgIpc) is 2.92. The smallest absolute Gasteiger partial charge is 0.353 e. The van der Waals surface area contributed by atoms with Crippen molar-refractivity contribution in [2.45, 2.75) is 58.0 Å². The highest BCUT2D eigenvalue weighted by Gasteiger charge is 2.33. The van der Waals surface area contributed by atoms with E-state index in [0.29, 0.717) is 18.8 Å². The highest BCUT2D eigenvalue weighted by molar-refractivity contribution is 5.45. The van der Waals surface area contributed by atoms with Gasteiger partial charge in [0.2, 0.25) is 0 Å². The number of nitro groups is 1. The topological polar surface area (TPSA) is 96.2 Å². The zero-order valence-electron chi connectivity index (χ0n) is 12.1. The molecule has 1 heterocycles. The lowest BCUT2D eigenvalue weighted by molar-refractivity contribution is -0.386. The molecule has 0 atom stereocenters. The van der Waals surface area contributed by atoms with Gasteiger partial charge in [-0.3, -0.25) is 10.1 Å². The van der Waals surface area contributed by atoms with Gasteiger partial charge in [0.15, 0.2) is 0 Å². The van der Waals surface area contributed by atoms with Crippen molar-refractivity contribution in [2.24, 2.45) is 5.73 Å². The van der Waals surface area contributed by atoms with Crippen LogP contribution in [0, 0.1) is 17.0 Å². The normalized spacial score (nSPS) is 17.4. The Bertz CT molecular complexity index is 492. The minimum atomic E-state index is -0.429. The van der Waals surface area contributed by atoms with Gasteiger partial charge < -0.3 is 10.5 Å². The molecule has 112 valence electrons. The first-order valence-electron chi connectivity index (χ1n) is 7.10. The maximum Gasteiger partial charge on any atom is 0.353 e. The summed E-state index contributed by atoms with van der Waals surface area (Å²) in [5.74, 6) is 0.242. The molecule has 2 rings (SSSR count). The van der Waals surface area contributed by atoms with E-state index in [0.717, 1.165) is 32.1 Å². The molecule has 7 nitrogen and oxygen atoms in total. The molecule has 0 saturated heterocycles. The van der Waals surface area contributed by atoms with Gasteiger partial charge in [-0.2, -0.15) is 5.10 Å². The molecule has 1 aliphatic carbocycles. The van der Waals surface area contributed by atoms with Crippen LogP contribution in [0.1, 0.15) is 44.7 Å². The molecular formula is C13H22N4O3. The third kappa shape index (κ3) is 2.92. The van der Waals surface area contributed by atoms with Gasteiger partial charge in [-0.05, 0) is 26.2 Å². The Labute approximate surface area is 118 Å². The molecule has 1 fully saturated rings. The molecular weight excluding hydrogens is 260 g/mol. The van der Waals surface area contributed by atoms with Gasteiger partial charge in [-0.15, -0.1) is 0 Å². The Kier molecular flexibility index (Phi) is 4.27. The standard InChI is InChI=1S/C13H22N4O3/c1-3-8-16-12(11(17(18)19)10(2)15-16)20-9-13(14)6-4-5-7-13/h3-9,14H2,1-2H3. The van der Waals surface area contributed by atoms with E-state index in [-0.39, 0.29) is 17.1 Å². The van der Waals surface area contributed by atoms with Gasteiger partial charge in [0, 0.05) is 6.54 Å². The molecule has 0 aromatic carbocycles. The summed E-state index contributed by atoms with van der Waals surface area (Å²) in [6.07, 6.45) is 4.83. The quantitative estimate of drug-likeness (QED) is 0.637. The fourth-order valence-electron chi connectivity index (χ4n) is 2.70. The molecule has 1 aromatic heterocycles. The lowest BCUT2D eigenvalue weighted by Crippen LogP contribution is -2.42. The molecule has 0 unspecified atom stereocenters. The summed E-state index contributed by atoms with van der Waals surface area (Å²) >= 11 is 0. The zero-order valence-corrected chi connectivity index (χ0v) is 12.1. The molecule has 0 bridgehead atoms. The Morgan fingerprint density at radius 2 is 2.15 bits per heavy atom. The summed E-state index contributed by atoms with van der Waals surface area (Å²) < 4.78 is 7.30. The first-order chi connectivity index (χ1) is 9.47. The third-order valence-electron chi connectivity index (χ3n) is 3.76. The fraction of sp³-hybridized carbons (Fsp3) is 0.769. The van der Waals surface area contributed by atoms with Crippen LogP contribution in [-0.4, -0.2) is 26.8 Å². The minimum absolute atomic E-state index is 0.0416. The van der Waals surface area contributed by atoms with Crippen LogP contribution in [0.4, 0.5) is 5.69 Å². The van der Waals surface area contributed by atoms with Crippen LogP contribution < -0.4 is 10.5 Å². The molecule has 1 aromatic rings. The number of rotatable bonds is 6. The van der Waals surface area contributed by atoms with Crippen LogP contribution in [0.15, 0.2) is 0 Å². The van der Waals surface area contributed by atoms with Crippen LogP contribution in [0.5, 0.6) is 5.88 Å². The Balaban J connectivity index is 2.21. The number of nitrogens with two attached hydrogens (primary N) is 1. The molecule has 20 heavy (non-hydrogen) atoms. The van der Waals surface area contributed by atoms with E-state index in [2.05, 4.69) is 5.10 Å². The zero-order chi connectivity index (χ0) is 14.8. The number of hydrogen-bond donors (Lipinski definition) is 1. The Morgan fingerprint density at radius 3 is 2.70 bits per heavy atom. The lowest BCUT2D eigenvalue weighted by atomic mass is 10.0. The molecule has 0 amide bonds. The summed E-state index contributed by atoms with van der Waals surface area (Å²) in [5.41, 5.74) is 6.22.